The highest BCUT2D eigenvalue weighted by Gasteiger charge is 2.41. The van der Waals surface area contributed by atoms with Gasteiger partial charge in [0.15, 0.2) is 0 Å². The molecule has 3 N–H and O–H groups in total. The molecule has 1 aliphatic carbocycles. The van der Waals surface area contributed by atoms with Gasteiger partial charge in [0.05, 0.1) is 0 Å². The Morgan fingerprint density at radius 1 is 1.25 bits per heavy atom. The van der Waals surface area contributed by atoms with Crippen LogP contribution in [0.5, 0.6) is 0 Å². The minimum Gasteiger partial charge on any atom is -0.480 e. The highest BCUT2D eigenvalue weighted by atomic mass is 16.4. The molecule has 0 saturated heterocycles. The van der Waals surface area contributed by atoms with Gasteiger partial charge in [-0.2, -0.15) is 0 Å². The molecule has 6 nitrogen and oxygen atoms in total. The Bertz CT molecular complexity index is 339. The van der Waals surface area contributed by atoms with Crippen molar-refractivity contribution in [3.63, 3.8) is 0 Å². The summed E-state index contributed by atoms with van der Waals surface area (Å²) in [6.07, 6.45) is 4.60. The van der Waals surface area contributed by atoms with Gasteiger partial charge in [0.25, 0.3) is 0 Å². The third-order valence-corrected chi connectivity index (χ3v) is 3.86. The number of carbonyl (C=O) groups is 2. The van der Waals surface area contributed by atoms with E-state index in [1.54, 1.807) is 0 Å². The third-order valence-electron chi connectivity index (χ3n) is 3.86. The molecule has 1 unspecified atom stereocenters. The minimum atomic E-state index is -1.08. The Kier molecular flexibility index (Phi) is 6.26. The van der Waals surface area contributed by atoms with Gasteiger partial charge >= 0.3 is 12.0 Å². The van der Waals surface area contributed by atoms with Gasteiger partial charge in [0, 0.05) is 6.04 Å². The molecule has 1 fully saturated rings. The molecule has 1 saturated carbocycles. The summed E-state index contributed by atoms with van der Waals surface area (Å²) >= 11 is 0. The van der Waals surface area contributed by atoms with Crippen molar-refractivity contribution in [3.8, 4) is 0 Å². The van der Waals surface area contributed by atoms with Gasteiger partial charge in [-0.3, -0.25) is 0 Å². The van der Waals surface area contributed by atoms with Crippen molar-refractivity contribution in [3.05, 3.63) is 0 Å². The number of carboxylic acids is 1. The number of rotatable bonds is 6. The summed E-state index contributed by atoms with van der Waals surface area (Å²) in [5, 5.41) is 14.9. The lowest BCUT2D eigenvalue weighted by Gasteiger charge is -2.34. The van der Waals surface area contributed by atoms with Gasteiger partial charge in [-0.15, -0.1) is 0 Å². The number of hydrogen-bond donors (Lipinski definition) is 3. The molecule has 1 atom stereocenters. The molecule has 0 spiro atoms. The average molecular weight is 285 g/mol. The van der Waals surface area contributed by atoms with Crippen molar-refractivity contribution >= 4 is 12.0 Å². The van der Waals surface area contributed by atoms with Crippen LogP contribution >= 0.6 is 0 Å². The predicted molar refractivity (Wildman–Crippen MR) is 77.8 cm³/mol. The van der Waals surface area contributed by atoms with Crippen LogP contribution in [0, 0.1) is 0 Å². The van der Waals surface area contributed by atoms with E-state index in [4.69, 9.17) is 0 Å². The zero-order valence-corrected chi connectivity index (χ0v) is 12.7. The summed E-state index contributed by atoms with van der Waals surface area (Å²) in [4.78, 5) is 25.5. The van der Waals surface area contributed by atoms with E-state index in [-0.39, 0.29) is 12.1 Å². The number of nitrogens with one attached hydrogen (secondary N) is 2. The van der Waals surface area contributed by atoms with Gasteiger partial charge in [0.2, 0.25) is 0 Å². The molecule has 1 aliphatic rings. The molecule has 1 rings (SSSR count). The monoisotopic (exact) mass is 285 g/mol. The maximum absolute atomic E-state index is 12.0. The van der Waals surface area contributed by atoms with E-state index in [0.717, 1.165) is 32.2 Å². The first-order chi connectivity index (χ1) is 9.35. The van der Waals surface area contributed by atoms with Crippen molar-refractivity contribution in [1.82, 2.24) is 15.5 Å². The fourth-order valence-corrected chi connectivity index (χ4v) is 2.55. The Labute approximate surface area is 120 Å². The quantitative estimate of drug-likeness (QED) is 0.689. The van der Waals surface area contributed by atoms with Gasteiger partial charge in [-0.25, -0.2) is 9.59 Å². The van der Waals surface area contributed by atoms with Crippen molar-refractivity contribution < 1.29 is 14.7 Å². The summed E-state index contributed by atoms with van der Waals surface area (Å²) in [5.74, 6) is -0.923. The summed E-state index contributed by atoms with van der Waals surface area (Å²) < 4.78 is 0. The third kappa shape index (κ3) is 5.00. The molecule has 6 heteroatoms. The van der Waals surface area contributed by atoms with Crippen molar-refractivity contribution in [1.29, 1.82) is 0 Å². The number of aliphatic carboxylic acids is 1. The summed E-state index contributed by atoms with van der Waals surface area (Å²) in [5.41, 5.74) is -1.08. The molecule has 0 heterocycles. The van der Waals surface area contributed by atoms with Crippen LogP contribution in [-0.4, -0.2) is 54.2 Å². The normalized spacial score (nSPS) is 19.4. The van der Waals surface area contributed by atoms with E-state index in [2.05, 4.69) is 15.5 Å². The summed E-state index contributed by atoms with van der Waals surface area (Å²) in [6, 6.07) is -0.354. The topological polar surface area (TPSA) is 81.7 Å². The van der Waals surface area contributed by atoms with E-state index < -0.39 is 11.5 Å². The molecular formula is C14H27N3O3. The first kappa shape index (κ1) is 16.8. The Hall–Kier alpha value is -1.30. The summed E-state index contributed by atoms with van der Waals surface area (Å²) in [7, 11) is 3.96. The van der Waals surface area contributed by atoms with Crippen LogP contribution in [0.1, 0.15) is 45.4 Å². The number of carboxylic acid groups (broad SMARTS) is 1. The van der Waals surface area contributed by atoms with Gasteiger partial charge in [0.1, 0.15) is 5.54 Å². The number of hydrogen-bond acceptors (Lipinski definition) is 3. The van der Waals surface area contributed by atoms with E-state index in [1.165, 1.54) is 0 Å². The average Bonchev–Trinajstić information content (AvgIpc) is 2.37. The fourth-order valence-electron chi connectivity index (χ4n) is 2.55. The first-order valence-corrected chi connectivity index (χ1v) is 7.32. The predicted octanol–water partition coefficient (Wildman–Crippen LogP) is 1.41. The van der Waals surface area contributed by atoms with Crippen LogP contribution < -0.4 is 10.6 Å². The molecule has 0 radical (unpaired) electrons. The van der Waals surface area contributed by atoms with Gasteiger partial charge < -0.3 is 20.6 Å². The lowest BCUT2D eigenvalue weighted by atomic mass is 9.82. The number of amides is 2. The van der Waals surface area contributed by atoms with E-state index in [0.29, 0.717) is 12.8 Å². The van der Waals surface area contributed by atoms with Crippen molar-refractivity contribution in [2.24, 2.45) is 0 Å². The van der Waals surface area contributed by atoms with Crippen LogP contribution in [0.4, 0.5) is 4.79 Å². The lowest BCUT2D eigenvalue weighted by Crippen LogP contribution is -2.59. The second-order valence-corrected chi connectivity index (χ2v) is 6.04. The maximum atomic E-state index is 12.0. The lowest BCUT2D eigenvalue weighted by molar-refractivity contribution is -0.145. The molecule has 0 aromatic carbocycles. The molecular weight excluding hydrogens is 258 g/mol. The SMILES string of the molecule is CC(CCN(C)C)NC(=O)NC1(C(=O)O)CCCCC1. The molecule has 2 amide bonds. The molecule has 0 aromatic rings. The van der Waals surface area contributed by atoms with E-state index in [1.807, 2.05) is 21.0 Å². The highest BCUT2D eigenvalue weighted by Crippen LogP contribution is 2.28. The largest absolute Gasteiger partial charge is 0.480 e. The number of carbonyl (C=O) groups excluding carboxylic acids is 1. The Morgan fingerprint density at radius 2 is 1.85 bits per heavy atom. The molecule has 0 bridgehead atoms. The summed E-state index contributed by atoms with van der Waals surface area (Å²) in [6.45, 7) is 2.81. The van der Waals surface area contributed by atoms with Crippen LogP contribution in [0.15, 0.2) is 0 Å². The molecule has 116 valence electrons. The van der Waals surface area contributed by atoms with Crippen LogP contribution in [0.3, 0.4) is 0 Å². The van der Waals surface area contributed by atoms with Gasteiger partial charge in [-0.1, -0.05) is 19.3 Å². The van der Waals surface area contributed by atoms with Crippen molar-refractivity contribution in [2.75, 3.05) is 20.6 Å². The molecule has 0 aromatic heterocycles. The van der Waals surface area contributed by atoms with E-state index >= 15 is 0 Å². The Morgan fingerprint density at radius 3 is 2.35 bits per heavy atom. The molecule has 0 aliphatic heterocycles. The van der Waals surface area contributed by atoms with Crippen LogP contribution in [0.25, 0.3) is 0 Å². The maximum Gasteiger partial charge on any atom is 0.329 e. The van der Waals surface area contributed by atoms with Crippen LogP contribution in [-0.2, 0) is 4.79 Å². The smallest absolute Gasteiger partial charge is 0.329 e. The van der Waals surface area contributed by atoms with Crippen molar-refractivity contribution in [2.45, 2.75) is 57.0 Å². The van der Waals surface area contributed by atoms with Crippen LogP contribution in [0.2, 0.25) is 0 Å². The second-order valence-electron chi connectivity index (χ2n) is 6.04. The number of urea groups is 1. The zero-order chi connectivity index (χ0) is 15.2. The highest BCUT2D eigenvalue weighted by molar-refractivity contribution is 5.86. The first-order valence-electron chi connectivity index (χ1n) is 7.32. The fraction of sp³-hybridized carbons (Fsp3) is 0.857. The van der Waals surface area contributed by atoms with Gasteiger partial charge in [-0.05, 0) is 46.8 Å². The standard InChI is InChI=1S/C14H27N3O3/c1-11(7-10-17(2)3)15-13(20)16-14(12(18)19)8-5-4-6-9-14/h11H,4-10H2,1-3H3,(H,18,19)(H2,15,16,20). The minimum absolute atomic E-state index is 0.0202. The molecule has 20 heavy (non-hydrogen) atoms. The number of nitrogens with zero attached hydrogens (tertiary/aromatic N) is 1. The van der Waals surface area contributed by atoms with E-state index in [9.17, 15) is 14.7 Å². The zero-order valence-electron chi connectivity index (χ0n) is 12.7. The Balaban J connectivity index is 2.48. The second kappa shape index (κ2) is 7.47.